The van der Waals surface area contributed by atoms with Gasteiger partial charge in [0.25, 0.3) is 11.6 Å². The van der Waals surface area contributed by atoms with Gasteiger partial charge in [-0.3, -0.25) is 14.9 Å². The number of carbonyl (C=O) groups excluding carboxylic acids is 1. The fourth-order valence-corrected chi connectivity index (χ4v) is 4.06. The van der Waals surface area contributed by atoms with Gasteiger partial charge < -0.3 is 20.1 Å². The van der Waals surface area contributed by atoms with Gasteiger partial charge in [0.1, 0.15) is 6.54 Å². The van der Waals surface area contributed by atoms with Gasteiger partial charge in [0.2, 0.25) is 11.7 Å². The van der Waals surface area contributed by atoms with Crippen LogP contribution in [-0.2, 0) is 11.3 Å². The molecule has 14 nitrogen and oxygen atoms in total. The maximum absolute atomic E-state index is 13.1. The standard InChI is InChI=1S/C25H17N9O5/c26-22-21(30-39-31-22)24-28-18-9-1-2-10-19(18)33(24)13-20(35)27-16-7-3-5-14(11-16)23-29-25(38-32-23)15-6-4-8-17(12-15)34(36)37/h1-12H,13H2,(H2,26,31)(H,27,35). The van der Waals surface area contributed by atoms with E-state index in [1.54, 1.807) is 34.9 Å². The fraction of sp³-hybridized carbons (Fsp3) is 0.0400. The number of hydrogen-bond donors (Lipinski definition) is 2. The topological polar surface area (TPSA) is 194 Å². The lowest BCUT2D eigenvalue weighted by Gasteiger charge is -2.09. The zero-order valence-electron chi connectivity index (χ0n) is 19.9. The van der Waals surface area contributed by atoms with Gasteiger partial charge in [-0.15, -0.1) is 0 Å². The van der Waals surface area contributed by atoms with Gasteiger partial charge in [-0.05, 0) is 40.6 Å². The summed E-state index contributed by atoms with van der Waals surface area (Å²) in [6, 6.07) is 20.1. The summed E-state index contributed by atoms with van der Waals surface area (Å²) in [5, 5.41) is 25.4. The van der Waals surface area contributed by atoms with Crippen molar-refractivity contribution in [3.05, 3.63) is 82.9 Å². The SMILES string of the molecule is Nc1nonc1-c1nc2ccccc2n1CC(=O)Nc1cccc(-c2noc(-c3cccc([N+](=O)[O-])c3)n2)c1. The predicted octanol–water partition coefficient (Wildman–Crippen LogP) is 3.93. The van der Waals surface area contributed by atoms with Crippen molar-refractivity contribution in [2.75, 3.05) is 11.1 Å². The first-order valence-electron chi connectivity index (χ1n) is 11.5. The van der Waals surface area contributed by atoms with Gasteiger partial charge in [-0.2, -0.15) is 4.98 Å². The maximum atomic E-state index is 13.1. The second kappa shape index (κ2) is 9.51. The molecular formula is C25H17N9O5. The molecule has 1 amide bonds. The van der Waals surface area contributed by atoms with Gasteiger partial charge in [-0.1, -0.05) is 35.5 Å². The summed E-state index contributed by atoms with van der Waals surface area (Å²) < 4.78 is 11.7. The Hall–Kier alpha value is -5.92. The molecule has 192 valence electrons. The van der Waals surface area contributed by atoms with Crippen molar-refractivity contribution in [1.29, 1.82) is 0 Å². The Kier molecular flexibility index (Phi) is 5.73. The molecule has 0 aliphatic rings. The Labute approximate surface area is 218 Å². The molecule has 3 aromatic carbocycles. The number of nitro groups is 1. The molecule has 0 spiro atoms. The summed E-state index contributed by atoms with van der Waals surface area (Å²) in [6.45, 7) is -0.0917. The Bertz CT molecular complexity index is 1860. The molecular weight excluding hydrogens is 506 g/mol. The van der Waals surface area contributed by atoms with E-state index < -0.39 is 4.92 Å². The van der Waals surface area contributed by atoms with E-state index in [0.29, 0.717) is 33.7 Å². The second-order valence-corrected chi connectivity index (χ2v) is 8.37. The van der Waals surface area contributed by atoms with Crippen LogP contribution in [-0.4, -0.2) is 40.8 Å². The van der Waals surface area contributed by atoms with Crippen LogP contribution >= 0.6 is 0 Å². The molecule has 6 aromatic rings. The molecule has 0 fully saturated rings. The van der Waals surface area contributed by atoms with E-state index in [-0.39, 0.29) is 41.4 Å². The zero-order valence-corrected chi connectivity index (χ0v) is 19.9. The third kappa shape index (κ3) is 4.53. The molecule has 0 saturated carbocycles. The Morgan fingerprint density at radius 3 is 2.62 bits per heavy atom. The number of nitrogens with two attached hydrogens (primary N) is 1. The number of non-ortho nitro benzene ring substituents is 1. The number of imidazole rings is 1. The van der Waals surface area contributed by atoms with Gasteiger partial charge in [0.15, 0.2) is 17.3 Å². The fourth-order valence-electron chi connectivity index (χ4n) is 4.06. The molecule has 0 atom stereocenters. The average molecular weight is 523 g/mol. The Morgan fingerprint density at radius 2 is 1.79 bits per heavy atom. The molecule has 0 aliphatic heterocycles. The largest absolute Gasteiger partial charge is 0.379 e. The number of hydrogen-bond acceptors (Lipinski definition) is 11. The molecule has 0 saturated heterocycles. The number of anilines is 2. The third-order valence-electron chi connectivity index (χ3n) is 5.82. The number of rotatable bonds is 7. The zero-order chi connectivity index (χ0) is 26.9. The molecule has 14 heteroatoms. The van der Waals surface area contributed by atoms with Crippen molar-refractivity contribution in [3.63, 3.8) is 0 Å². The molecule has 6 rings (SSSR count). The number of nitro benzene ring substituents is 1. The molecule has 39 heavy (non-hydrogen) atoms. The Morgan fingerprint density at radius 1 is 0.974 bits per heavy atom. The van der Waals surface area contributed by atoms with Crippen LogP contribution in [0.5, 0.6) is 0 Å². The first-order valence-corrected chi connectivity index (χ1v) is 11.5. The number of nitrogens with zero attached hydrogens (tertiary/aromatic N) is 7. The van der Waals surface area contributed by atoms with Crippen LogP contribution in [0, 0.1) is 10.1 Å². The van der Waals surface area contributed by atoms with E-state index in [2.05, 4.69) is 30.8 Å². The maximum Gasteiger partial charge on any atom is 0.270 e. The highest BCUT2D eigenvalue weighted by Crippen LogP contribution is 2.28. The minimum atomic E-state index is -0.500. The van der Waals surface area contributed by atoms with E-state index in [1.807, 2.05) is 24.3 Å². The highest BCUT2D eigenvalue weighted by Gasteiger charge is 2.21. The molecule has 3 N–H and O–H groups in total. The summed E-state index contributed by atoms with van der Waals surface area (Å²) >= 11 is 0. The highest BCUT2D eigenvalue weighted by atomic mass is 16.6. The van der Waals surface area contributed by atoms with E-state index in [1.165, 1.54) is 18.2 Å². The van der Waals surface area contributed by atoms with Crippen LogP contribution in [0.1, 0.15) is 0 Å². The summed E-state index contributed by atoms with van der Waals surface area (Å²) in [6.07, 6.45) is 0. The lowest BCUT2D eigenvalue weighted by Crippen LogP contribution is -2.19. The minimum absolute atomic E-state index is 0.0595. The number of para-hydroxylation sites is 2. The molecule has 0 aliphatic carbocycles. The van der Waals surface area contributed by atoms with Crippen LogP contribution in [0.15, 0.2) is 81.9 Å². The molecule has 0 unspecified atom stereocenters. The van der Waals surface area contributed by atoms with Crippen molar-refractivity contribution in [2.24, 2.45) is 0 Å². The molecule has 0 radical (unpaired) electrons. The quantitative estimate of drug-likeness (QED) is 0.227. The van der Waals surface area contributed by atoms with Crippen molar-refractivity contribution < 1.29 is 18.9 Å². The first-order chi connectivity index (χ1) is 19.0. The smallest absolute Gasteiger partial charge is 0.270 e. The van der Waals surface area contributed by atoms with E-state index in [4.69, 9.17) is 14.9 Å². The molecule has 0 bridgehead atoms. The van der Waals surface area contributed by atoms with Crippen molar-refractivity contribution in [1.82, 2.24) is 30.0 Å². The van der Waals surface area contributed by atoms with Crippen LogP contribution in [0.2, 0.25) is 0 Å². The van der Waals surface area contributed by atoms with Gasteiger partial charge >= 0.3 is 0 Å². The number of aromatic nitrogens is 6. The van der Waals surface area contributed by atoms with Crippen LogP contribution in [0.4, 0.5) is 17.2 Å². The van der Waals surface area contributed by atoms with Crippen molar-refractivity contribution >= 4 is 34.1 Å². The third-order valence-corrected chi connectivity index (χ3v) is 5.82. The van der Waals surface area contributed by atoms with Crippen molar-refractivity contribution in [2.45, 2.75) is 6.54 Å². The van der Waals surface area contributed by atoms with Crippen LogP contribution in [0.25, 0.3) is 45.4 Å². The highest BCUT2D eigenvalue weighted by molar-refractivity contribution is 5.93. The van der Waals surface area contributed by atoms with Gasteiger partial charge in [0.05, 0.1) is 16.0 Å². The normalized spacial score (nSPS) is 11.1. The van der Waals surface area contributed by atoms with Crippen molar-refractivity contribution in [3.8, 4) is 34.4 Å². The Balaban J connectivity index is 1.24. The summed E-state index contributed by atoms with van der Waals surface area (Å²) in [4.78, 5) is 32.6. The van der Waals surface area contributed by atoms with Gasteiger partial charge in [-0.25, -0.2) is 9.61 Å². The number of amides is 1. The molecule has 3 aromatic heterocycles. The number of benzene rings is 3. The summed E-state index contributed by atoms with van der Waals surface area (Å²) in [5.41, 5.74) is 8.87. The lowest BCUT2D eigenvalue weighted by molar-refractivity contribution is -0.384. The van der Waals surface area contributed by atoms with Gasteiger partial charge in [0, 0.05) is 28.9 Å². The van der Waals surface area contributed by atoms with E-state index in [0.717, 1.165) is 0 Å². The monoisotopic (exact) mass is 523 g/mol. The number of carbonyl (C=O) groups is 1. The predicted molar refractivity (Wildman–Crippen MR) is 138 cm³/mol. The summed E-state index contributed by atoms with van der Waals surface area (Å²) in [7, 11) is 0. The number of nitrogens with one attached hydrogen (secondary N) is 1. The van der Waals surface area contributed by atoms with Crippen LogP contribution in [0.3, 0.4) is 0 Å². The first kappa shape index (κ1) is 23.5. The number of nitrogen functional groups attached to an aromatic ring is 1. The molecule has 3 heterocycles. The second-order valence-electron chi connectivity index (χ2n) is 8.37. The van der Waals surface area contributed by atoms with Crippen LogP contribution < -0.4 is 11.1 Å². The lowest BCUT2D eigenvalue weighted by atomic mass is 10.2. The summed E-state index contributed by atoms with van der Waals surface area (Å²) in [5.74, 6) is 0.453. The van der Waals surface area contributed by atoms with E-state index >= 15 is 0 Å². The number of fused-ring (bicyclic) bond motifs is 1. The average Bonchev–Trinajstić information content (AvgIpc) is 3.68. The van der Waals surface area contributed by atoms with E-state index in [9.17, 15) is 14.9 Å². The minimum Gasteiger partial charge on any atom is -0.379 e.